The number of aryl methyl sites for hydroxylation is 1. The number of aliphatic carboxylic acids is 1. The minimum atomic E-state index is -1.06. The van der Waals surface area contributed by atoms with Crippen molar-refractivity contribution < 1.29 is 14.7 Å². The van der Waals surface area contributed by atoms with E-state index >= 15 is 0 Å². The number of carbonyl (C=O) groups excluding carboxylic acids is 1. The van der Waals surface area contributed by atoms with Crippen LogP contribution in [0.3, 0.4) is 0 Å². The third kappa shape index (κ3) is 3.93. The highest BCUT2D eigenvalue weighted by Gasteiger charge is 2.15. The quantitative estimate of drug-likeness (QED) is 0.708. The molecule has 0 atom stereocenters. The fourth-order valence-corrected chi connectivity index (χ4v) is 1.39. The van der Waals surface area contributed by atoms with Crippen LogP contribution in [-0.4, -0.2) is 44.9 Å². The Hall–Kier alpha value is -2.31. The second-order valence-corrected chi connectivity index (χ2v) is 3.67. The molecule has 0 radical (unpaired) electrons. The minimum absolute atomic E-state index is 0.184. The van der Waals surface area contributed by atoms with Crippen molar-refractivity contribution in [2.75, 3.05) is 13.1 Å². The Kier molecular flexibility index (Phi) is 4.91. The summed E-state index contributed by atoms with van der Waals surface area (Å²) in [5.41, 5.74) is 0.831. The maximum Gasteiger partial charge on any atom is 0.323 e. The zero-order valence-corrected chi connectivity index (χ0v) is 10.2. The third-order valence-electron chi connectivity index (χ3n) is 2.31. The summed E-state index contributed by atoms with van der Waals surface area (Å²) in [6, 6.07) is 1.33. The number of hydrogen-bond acceptors (Lipinski definition) is 3. The highest BCUT2D eigenvalue weighted by Crippen LogP contribution is 1.97. The van der Waals surface area contributed by atoms with Gasteiger partial charge in [-0.1, -0.05) is 6.08 Å². The number of carboxylic acids is 1. The summed E-state index contributed by atoms with van der Waals surface area (Å²) in [4.78, 5) is 23.5. The van der Waals surface area contributed by atoms with Crippen LogP contribution >= 0.6 is 0 Å². The number of rotatable bonds is 6. The molecule has 2 amide bonds. The molecule has 0 aliphatic heterocycles. The largest absolute Gasteiger partial charge is 0.480 e. The van der Waals surface area contributed by atoms with E-state index in [1.54, 1.807) is 24.0 Å². The van der Waals surface area contributed by atoms with Gasteiger partial charge in [0.1, 0.15) is 6.54 Å². The van der Waals surface area contributed by atoms with Gasteiger partial charge in [-0.25, -0.2) is 4.79 Å². The Bertz CT molecular complexity index is 441. The van der Waals surface area contributed by atoms with Crippen molar-refractivity contribution in [3.05, 3.63) is 30.6 Å². The van der Waals surface area contributed by atoms with Crippen molar-refractivity contribution in [3.63, 3.8) is 0 Å². The molecule has 7 nitrogen and oxygen atoms in total. The molecule has 0 aliphatic rings. The number of hydrogen-bond donors (Lipinski definition) is 2. The molecule has 7 heteroatoms. The Labute approximate surface area is 105 Å². The monoisotopic (exact) mass is 252 g/mol. The Balaban J connectivity index is 2.53. The molecule has 1 aromatic heterocycles. The number of urea groups is 1. The van der Waals surface area contributed by atoms with Gasteiger partial charge in [0.2, 0.25) is 0 Å². The molecule has 0 fully saturated rings. The molecule has 1 heterocycles. The molecule has 1 aromatic rings. The first kappa shape index (κ1) is 13.8. The average Bonchev–Trinajstić information content (AvgIpc) is 2.70. The zero-order valence-electron chi connectivity index (χ0n) is 10.2. The molecule has 0 saturated carbocycles. The lowest BCUT2D eigenvalue weighted by atomic mass is 10.4. The maximum absolute atomic E-state index is 11.7. The van der Waals surface area contributed by atoms with E-state index in [0.29, 0.717) is 6.54 Å². The molecule has 0 unspecified atom stereocenters. The molecular weight excluding hydrogens is 236 g/mol. The van der Waals surface area contributed by atoms with E-state index in [-0.39, 0.29) is 13.1 Å². The van der Waals surface area contributed by atoms with E-state index in [1.807, 2.05) is 0 Å². The van der Waals surface area contributed by atoms with Crippen molar-refractivity contribution in [3.8, 4) is 0 Å². The fraction of sp³-hybridized carbons (Fsp3) is 0.364. The van der Waals surface area contributed by atoms with Crippen LogP contribution < -0.4 is 5.32 Å². The Morgan fingerprint density at radius 3 is 2.89 bits per heavy atom. The van der Waals surface area contributed by atoms with Gasteiger partial charge in [0.05, 0.1) is 12.2 Å². The normalized spacial score (nSPS) is 9.83. The molecule has 0 saturated heterocycles. The second-order valence-electron chi connectivity index (χ2n) is 3.67. The van der Waals surface area contributed by atoms with Crippen LogP contribution in [0.4, 0.5) is 4.79 Å². The molecule has 1 rings (SSSR count). The van der Waals surface area contributed by atoms with Crippen LogP contribution in [0.15, 0.2) is 24.9 Å². The van der Waals surface area contributed by atoms with Crippen LogP contribution in [0.5, 0.6) is 0 Å². The molecule has 2 N–H and O–H groups in total. The van der Waals surface area contributed by atoms with E-state index < -0.39 is 12.0 Å². The van der Waals surface area contributed by atoms with Crippen molar-refractivity contribution in [2.45, 2.75) is 6.54 Å². The smallest absolute Gasteiger partial charge is 0.323 e. The first-order valence-electron chi connectivity index (χ1n) is 5.37. The van der Waals surface area contributed by atoms with Crippen LogP contribution in [0.2, 0.25) is 0 Å². The lowest BCUT2D eigenvalue weighted by Crippen LogP contribution is -2.42. The molecule has 0 aliphatic carbocycles. The zero-order chi connectivity index (χ0) is 13.5. The van der Waals surface area contributed by atoms with E-state index in [4.69, 9.17) is 5.11 Å². The van der Waals surface area contributed by atoms with Crippen LogP contribution in [0.25, 0.3) is 0 Å². The SMILES string of the molecule is C=CCN(CC(=O)O)C(=O)NCc1ccnn1C. The number of amides is 2. The lowest BCUT2D eigenvalue weighted by molar-refractivity contribution is -0.137. The topological polar surface area (TPSA) is 87.5 Å². The van der Waals surface area contributed by atoms with Gasteiger partial charge in [0.15, 0.2) is 0 Å². The van der Waals surface area contributed by atoms with Gasteiger partial charge in [-0.3, -0.25) is 9.48 Å². The van der Waals surface area contributed by atoms with Gasteiger partial charge in [0.25, 0.3) is 0 Å². The van der Waals surface area contributed by atoms with Crippen molar-refractivity contribution in [1.29, 1.82) is 0 Å². The molecule has 0 aromatic carbocycles. The number of nitrogens with one attached hydrogen (secondary N) is 1. The lowest BCUT2D eigenvalue weighted by Gasteiger charge is -2.19. The summed E-state index contributed by atoms with van der Waals surface area (Å²) >= 11 is 0. The van der Waals surface area contributed by atoms with Crippen LogP contribution in [0, 0.1) is 0 Å². The van der Waals surface area contributed by atoms with Gasteiger partial charge < -0.3 is 15.3 Å². The maximum atomic E-state index is 11.7. The van der Waals surface area contributed by atoms with Crippen molar-refractivity contribution in [2.24, 2.45) is 7.05 Å². The van der Waals surface area contributed by atoms with E-state index in [2.05, 4.69) is 17.0 Å². The van der Waals surface area contributed by atoms with Gasteiger partial charge in [-0.15, -0.1) is 6.58 Å². The number of nitrogens with zero attached hydrogens (tertiary/aromatic N) is 3. The number of aromatic nitrogens is 2. The highest BCUT2D eigenvalue weighted by molar-refractivity contribution is 5.80. The second kappa shape index (κ2) is 6.43. The van der Waals surface area contributed by atoms with E-state index in [9.17, 15) is 9.59 Å². The summed E-state index contributed by atoms with van der Waals surface area (Å²) in [6.07, 6.45) is 3.10. The summed E-state index contributed by atoms with van der Waals surface area (Å²) in [6.45, 7) is 3.61. The summed E-state index contributed by atoms with van der Waals surface area (Å²) in [7, 11) is 1.76. The Morgan fingerprint density at radius 1 is 1.67 bits per heavy atom. The minimum Gasteiger partial charge on any atom is -0.480 e. The van der Waals surface area contributed by atoms with Gasteiger partial charge in [-0.05, 0) is 6.07 Å². The molecule has 0 spiro atoms. The third-order valence-corrected chi connectivity index (χ3v) is 2.31. The Morgan fingerprint density at radius 2 is 2.39 bits per heavy atom. The van der Waals surface area contributed by atoms with Crippen molar-refractivity contribution in [1.82, 2.24) is 20.0 Å². The highest BCUT2D eigenvalue weighted by atomic mass is 16.4. The molecule has 98 valence electrons. The van der Waals surface area contributed by atoms with Crippen molar-refractivity contribution >= 4 is 12.0 Å². The summed E-state index contributed by atoms with van der Waals surface area (Å²) in [5.74, 6) is -1.06. The fourth-order valence-electron chi connectivity index (χ4n) is 1.39. The summed E-state index contributed by atoms with van der Waals surface area (Å²) < 4.78 is 1.63. The predicted octanol–water partition coefficient (Wildman–Crippen LogP) is 0.202. The molecular formula is C11H16N4O3. The number of carboxylic acid groups (broad SMARTS) is 1. The van der Waals surface area contributed by atoms with Gasteiger partial charge in [0, 0.05) is 19.8 Å². The van der Waals surface area contributed by atoms with Crippen LogP contribution in [0.1, 0.15) is 5.69 Å². The average molecular weight is 252 g/mol. The van der Waals surface area contributed by atoms with Gasteiger partial charge >= 0.3 is 12.0 Å². The van der Waals surface area contributed by atoms with E-state index in [0.717, 1.165) is 10.6 Å². The predicted molar refractivity (Wildman–Crippen MR) is 64.8 cm³/mol. The van der Waals surface area contributed by atoms with E-state index in [1.165, 1.54) is 6.08 Å². The molecule has 0 bridgehead atoms. The number of carbonyl (C=O) groups is 2. The first-order chi connectivity index (χ1) is 8.54. The molecule has 18 heavy (non-hydrogen) atoms. The summed E-state index contributed by atoms with van der Waals surface area (Å²) in [5, 5.41) is 15.3. The van der Waals surface area contributed by atoms with Crippen LogP contribution in [-0.2, 0) is 18.4 Å². The first-order valence-corrected chi connectivity index (χ1v) is 5.37. The van der Waals surface area contributed by atoms with Gasteiger partial charge in [-0.2, -0.15) is 5.10 Å². The standard InChI is InChI=1S/C11H16N4O3/c1-3-6-15(8-10(16)17)11(18)12-7-9-4-5-13-14(9)2/h3-5H,1,6-8H2,2H3,(H,12,18)(H,16,17).